The average Bonchev–Trinajstić information content (AvgIpc) is 3.57. The van der Waals surface area contributed by atoms with Gasteiger partial charge >= 0.3 is 23.9 Å². The first-order valence-corrected chi connectivity index (χ1v) is 24.4. The summed E-state index contributed by atoms with van der Waals surface area (Å²) in [5.74, 6) is -3.31. The van der Waals surface area contributed by atoms with Crippen LogP contribution < -0.4 is 0 Å². The highest BCUT2D eigenvalue weighted by Crippen LogP contribution is 2.89. The van der Waals surface area contributed by atoms with Crippen LogP contribution in [0.2, 0.25) is 0 Å². The maximum absolute atomic E-state index is 12.6. The van der Waals surface area contributed by atoms with E-state index in [9.17, 15) is 44.7 Å². The van der Waals surface area contributed by atoms with Crippen LogP contribution in [0, 0.1) is 44.8 Å². The molecule has 0 bridgehead atoms. The Morgan fingerprint density at radius 1 is 0.687 bits per heavy atom. The molecule has 0 amide bonds. The third-order valence-electron chi connectivity index (χ3n) is 18.7. The van der Waals surface area contributed by atoms with Crippen LogP contribution in [0.15, 0.2) is 0 Å². The lowest BCUT2D eigenvalue weighted by Gasteiger charge is -2.65. The first-order chi connectivity index (χ1) is 31.0. The minimum atomic E-state index is -1.66. The highest BCUT2D eigenvalue weighted by molar-refractivity contribution is 5.68. The van der Waals surface area contributed by atoms with E-state index in [4.69, 9.17) is 42.6 Å². The molecule has 5 aliphatic carbocycles. The zero-order valence-corrected chi connectivity index (χ0v) is 41.1. The summed E-state index contributed by atoms with van der Waals surface area (Å²) in [6.45, 7) is 18.6. The van der Waals surface area contributed by atoms with E-state index in [-0.39, 0.29) is 41.3 Å². The Hall–Kier alpha value is -2.52. The highest BCUT2D eigenvalue weighted by Gasteiger charge is 2.85. The number of esters is 4. The van der Waals surface area contributed by atoms with Crippen LogP contribution in [0.1, 0.15) is 134 Å². The van der Waals surface area contributed by atoms with Crippen LogP contribution in [0.5, 0.6) is 0 Å². The number of carbonyl (C=O) groups is 4. The largest absolute Gasteiger partial charge is 0.463 e. The topological polar surface area (TPSA) is 252 Å². The predicted octanol–water partition coefficient (Wildman–Crippen LogP) is 3.01. The van der Waals surface area contributed by atoms with E-state index < -0.39 is 132 Å². The molecule has 0 aromatic heterocycles. The molecule has 3 saturated heterocycles. The van der Waals surface area contributed by atoms with Gasteiger partial charge in [0.15, 0.2) is 30.9 Å². The number of rotatable bonds is 11. The van der Waals surface area contributed by atoms with Crippen molar-refractivity contribution >= 4 is 23.9 Å². The number of ether oxygens (including phenoxy) is 9. The van der Waals surface area contributed by atoms with Gasteiger partial charge in [0.25, 0.3) is 0 Å². The van der Waals surface area contributed by atoms with Gasteiger partial charge < -0.3 is 68.2 Å². The Bertz CT molecular complexity index is 1920. The summed E-state index contributed by atoms with van der Waals surface area (Å²) in [5.41, 5.74) is -3.79. The van der Waals surface area contributed by atoms with Crippen molar-refractivity contribution < 1.29 is 87.3 Å². The molecule has 18 nitrogen and oxygen atoms in total. The van der Waals surface area contributed by atoms with Crippen LogP contribution in [0.4, 0.5) is 0 Å². The fraction of sp³-hybridized carbons (Fsp3) is 0.918. The van der Waals surface area contributed by atoms with Crippen molar-refractivity contribution in [3.63, 3.8) is 0 Å². The molecule has 0 aromatic carbocycles. The predicted molar refractivity (Wildman–Crippen MR) is 232 cm³/mol. The summed E-state index contributed by atoms with van der Waals surface area (Å²) in [7, 11) is 0. The summed E-state index contributed by atoms with van der Waals surface area (Å²) < 4.78 is 55.3. The number of carbonyl (C=O) groups excluding carboxylic acids is 4. The molecular formula is C49H76O18. The van der Waals surface area contributed by atoms with Gasteiger partial charge in [-0.25, -0.2) is 0 Å². The number of aliphatic hydroxyl groups excluding tert-OH is 4. The van der Waals surface area contributed by atoms with Crippen LogP contribution >= 0.6 is 0 Å². The Morgan fingerprint density at radius 3 is 1.94 bits per heavy atom. The maximum atomic E-state index is 12.6. The van der Waals surface area contributed by atoms with E-state index in [2.05, 4.69) is 34.6 Å². The SMILES string of the molecule is CC(=O)OC[C@H]1O[C@@H](OC2C[C@@H]3C4(CC[C@]5(C)[C@@H]([C@@]6(C)CCC(C(C)(C)O)O6)[C@@H](O)C[C@@]35C)C[C@@]43CCC(O[C@@H]4OC[C@@H](O)C(O)[C@H]4OC(C)=O)C(C)(C)[C@H]23)C(O)[C@@H](OC(C)=O)[C@@H]1OC(C)=O. The van der Waals surface area contributed by atoms with Crippen molar-refractivity contribution in [3.8, 4) is 0 Å². The Morgan fingerprint density at radius 2 is 1.33 bits per heavy atom. The molecule has 5 N–H and O–H groups in total. The molecule has 18 heteroatoms. The lowest BCUT2D eigenvalue weighted by molar-refractivity contribution is -0.340. The molecule has 8 aliphatic rings. The van der Waals surface area contributed by atoms with Crippen molar-refractivity contribution in [3.05, 3.63) is 0 Å². The summed E-state index contributed by atoms with van der Waals surface area (Å²) in [6.07, 6.45) is -8.43. The third-order valence-corrected chi connectivity index (χ3v) is 18.7. The molecule has 8 fully saturated rings. The quantitative estimate of drug-likeness (QED) is 0.113. The molecule has 3 heterocycles. The molecule has 8 rings (SSSR count). The second-order valence-corrected chi connectivity index (χ2v) is 23.4. The van der Waals surface area contributed by atoms with Gasteiger partial charge in [-0.1, -0.05) is 27.7 Å². The number of aliphatic hydroxyl groups is 5. The standard InChI is InChI=1S/C49H76O18/c1-23(50)59-21-30-36(61-24(2)51)37(62-25(3)52)35(57)41(65-30)64-29-18-31-46(10)19-27(54)39(47(11)14-12-33(67-47)44(7,8)58)45(46,9)16-17-48(31)22-49(48)15-13-32(43(5,6)40(29)49)66-42-38(63-26(4)53)34(56)28(55)20-60-42/h27-42,54-58H,12-22H2,1-11H3/t27-,28+,29?,30+,31-,32?,33?,34?,35?,36+,37+,38+,39-,40-,41+,42-,45+,46-,47+,48?,49+/m0/s1. The van der Waals surface area contributed by atoms with E-state index >= 15 is 0 Å². The van der Waals surface area contributed by atoms with Gasteiger partial charge in [0.2, 0.25) is 0 Å². The number of hydrogen-bond acceptors (Lipinski definition) is 18. The van der Waals surface area contributed by atoms with Gasteiger partial charge in [-0.2, -0.15) is 0 Å². The van der Waals surface area contributed by atoms with Gasteiger partial charge in [0, 0.05) is 33.6 Å². The Balaban J connectivity index is 1.18. The van der Waals surface area contributed by atoms with Crippen LogP contribution in [-0.4, -0.2) is 154 Å². The smallest absolute Gasteiger partial charge is 0.303 e. The molecule has 21 atom stereocenters. The van der Waals surface area contributed by atoms with Crippen molar-refractivity contribution in [2.45, 2.75) is 225 Å². The summed E-state index contributed by atoms with van der Waals surface area (Å²) >= 11 is 0. The molecule has 6 unspecified atom stereocenters. The first-order valence-electron chi connectivity index (χ1n) is 24.4. The molecule has 0 aromatic rings. The average molecular weight is 953 g/mol. The summed E-state index contributed by atoms with van der Waals surface area (Å²) in [6, 6.07) is 0. The lowest BCUT2D eigenvalue weighted by Crippen LogP contribution is -2.66. The second kappa shape index (κ2) is 17.4. The lowest BCUT2D eigenvalue weighted by atomic mass is 9.41. The van der Waals surface area contributed by atoms with Crippen molar-refractivity contribution in [1.29, 1.82) is 0 Å². The van der Waals surface area contributed by atoms with Crippen molar-refractivity contribution in [2.75, 3.05) is 13.2 Å². The monoisotopic (exact) mass is 953 g/mol. The van der Waals surface area contributed by atoms with Gasteiger partial charge in [0.1, 0.15) is 31.0 Å². The Kier molecular flexibility index (Phi) is 13.2. The van der Waals surface area contributed by atoms with Gasteiger partial charge in [-0.05, 0) is 117 Å². The van der Waals surface area contributed by atoms with E-state index in [0.717, 1.165) is 19.3 Å². The summed E-state index contributed by atoms with van der Waals surface area (Å²) in [5, 5.41) is 57.1. The van der Waals surface area contributed by atoms with Gasteiger partial charge in [-0.15, -0.1) is 0 Å². The van der Waals surface area contributed by atoms with E-state index in [1.807, 2.05) is 0 Å². The van der Waals surface area contributed by atoms with Gasteiger partial charge in [-0.3, -0.25) is 19.2 Å². The third kappa shape index (κ3) is 8.26. The molecule has 5 saturated carbocycles. The molecule has 67 heavy (non-hydrogen) atoms. The fourth-order valence-corrected chi connectivity index (χ4v) is 16.0. The first kappa shape index (κ1) is 50.9. The minimum Gasteiger partial charge on any atom is -0.463 e. The van der Waals surface area contributed by atoms with E-state index in [1.165, 1.54) is 27.7 Å². The van der Waals surface area contributed by atoms with Crippen LogP contribution in [0.25, 0.3) is 0 Å². The van der Waals surface area contributed by atoms with Crippen molar-refractivity contribution in [2.24, 2.45) is 44.8 Å². The zero-order chi connectivity index (χ0) is 49.2. The Labute approximate surface area is 393 Å². The second-order valence-electron chi connectivity index (χ2n) is 23.4. The normalized spacial score (nSPS) is 49.9. The van der Waals surface area contributed by atoms with Gasteiger partial charge in [0.05, 0.1) is 42.2 Å². The summed E-state index contributed by atoms with van der Waals surface area (Å²) in [4.78, 5) is 49.4. The zero-order valence-electron chi connectivity index (χ0n) is 41.1. The fourth-order valence-electron chi connectivity index (χ4n) is 16.0. The molecule has 380 valence electrons. The van der Waals surface area contributed by atoms with E-state index in [0.29, 0.717) is 38.5 Å². The number of hydrogen-bond donors (Lipinski definition) is 5. The molecule has 3 aliphatic heterocycles. The molecule has 2 spiro atoms. The highest BCUT2D eigenvalue weighted by atomic mass is 16.7. The maximum Gasteiger partial charge on any atom is 0.303 e. The minimum absolute atomic E-state index is 0.00491. The molecular weight excluding hydrogens is 877 g/mol. The number of fused-ring (bicyclic) bond motifs is 2. The van der Waals surface area contributed by atoms with E-state index in [1.54, 1.807) is 13.8 Å². The van der Waals surface area contributed by atoms with Crippen LogP contribution in [-0.2, 0) is 61.8 Å². The molecule has 0 radical (unpaired) electrons. The van der Waals surface area contributed by atoms with Crippen LogP contribution in [0.3, 0.4) is 0 Å². The van der Waals surface area contributed by atoms with Crippen molar-refractivity contribution in [1.82, 2.24) is 0 Å².